The highest BCUT2D eigenvalue weighted by Crippen LogP contribution is 2.53. The van der Waals surface area contributed by atoms with Crippen molar-refractivity contribution in [3.8, 4) is 0 Å². The Morgan fingerprint density at radius 2 is 1.68 bits per heavy atom. The molecule has 1 atom stereocenters. The number of ether oxygens (including phenoxy) is 2. The molecule has 4 rings (SSSR count). The highest BCUT2D eigenvalue weighted by Gasteiger charge is 2.42. The lowest BCUT2D eigenvalue weighted by Crippen LogP contribution is -2.38. The summed E-state index contributed by atoms with van der Waals surface area (Å²) in [6, 6.07) is 13.7. The van der Waals surface area contributed by atoms with E-state index in [1.54, 1.807) is 18.7 Å². The molecule has 202 valence electrons. The first-order chi connectivity index (χ1) is 18.3. The summed E-state index contributed by atoms with van der Waals surface area (Å²) in [4.78, 5) is 28.8. The van der Waals surface area contributed by atoms with Gasteiger partial charge >= 0.3 is 12.2 Å². The molecule has 1 aliphatic rings. The summed E-state index contributed by atoms with van der Waals surface area (Å²) in [5.41, 5.74) is 4.34. The second-order valence-electron chi connectivity index (χ2n) is 9.39. The molecule has 0 fully saturated rings. The number of anilines is 1. The fourth-order valence-electron chi connectivity index (χ4n) is 5.16. The van der Waals surface area contributed by atoms with Crippen LogP contribution < -0.4 is 4.90 Å². The number of nitrogens with zero attached hydrogens (tertiary/aromatic N) is 2. The Hall–Kier alpha value is -2.52. The SMILES string of the molecule is CCCCCCC1=C(I)C(c2ccccc2Cl)c2c(n(C(=O)OCC)c3ccc(C)cc23)N1C(=O)OCC. The number of carbonyl (C=O) groups excluding carboxylic acids is 2. The second kappa shape index (κ2) is 12.6. The first-order valence-corrected chi connectivity index (χ1v) is 14.7. The summed E-state index contributed by atoms with van der Waals surface area (Å²) >= 11 is 9.17. The number of unbranched alkanes of at least 4 members (excludes halogenated alkanes) is 3. The first kappa shape index (κ1) is 28.5. The number of amides is 1. The molecule has 1 amide bonds. The molecule has 8 heteroatoms. The smallest absolute Gasteiger partial charge is 0.420 e. The zero-order valence-corrected chi connectivity index (χ0v) is 25.3. The van der Waals surface area contributed by atoms with Crippen molar-refractivity contribution in [1.29, 1.82) is 0 Å². The van der Waals surface area contributed by atoms with E-state index in [-0.39, 0.29) is 19.1 Å². The van der Waals surface area contributed by atoms with Gasteiger partial charge in [-0.05, 0) is 80.0 Å². The minimum atomic E-state index is -0.531. The van der Waals surface area contributed by atoms with E-state index in [1.807, 2.05) is 43.3 Å². The average Bonchev–Trinajstić information content (AvgIpc) is 3.21. The number of allylic oxidation sites excluding steroid dienone is 2. The monoisotopic (exact) mass is 648 g/mol. The Labute approximate surface area is 243 Å². The molecule has 1 aromatic heterocycles. The van der Waals surface area contributed by atoms with Crippen LogP contribution in [-0.2, 0) is 9.47 Å². The van der Waals surface area contributed by atoms with Gasteiger partial charge in [0.2, 0.25) is 0 Å². The molecule has 0 bridgehead atoms. The van der Waals surface area contributed by atoms with Crippen LogP contribution in [0.3, 0.4) is 0 Å². The maximum absolute atomic E-state index is 13.7. The van der Waals surface area contributed by atoms with Crippen molar-refractivity contribution in [1.82, 2.24) is 4.57 Å². The molecule has 0 aliphatic carbocycles. The molecule has 1 unspecified atom stereocenters. The predicted octanol–water partition coefficient (Wildman–Crippen LogP) is 9.33. The third kappa shape index (κ3) is 5.32. The summed E-state index contributed by atoms with van der Waals surface area (Å²) in [7, 11) is 0. The number of halogens is 2. The minimum absolute atomic E-state index is 0.212. The predicted molar refractivity (Wildman–Crippen MR) is 162 cm³/mol. The summed E-state index contributed by atoms with van der Waals surface area (Å²) in [6.07, 6.45) is 3.82. The van der Waals surface area contributed by atoms with Crippen LogP contribution in [0.1, 0.15) is 75.5 Å². The standard InChI is InChI=1S/C30H34ClIN2O4/c1-5-8-9-10-15-24-27(32)25(20-13-11-12-14-22(20)31)26-21-18-19(4)16-17-23(21)33(29(35)37-6-2)28(26)34(24)30(36)38-7-3/h11-14,16-18,25H,5-10,15H2,1-4H3. The van der Waals surface area contributed by atoms with Crippen LogP contribution in [0, 0.1) is 6.92 Å². The lowest BCUT2D eigenvalue weighted by atomic mass is 9.86. The van der Waals surface area contributed by atoms with Crippen LogP contribution in [-0.4, -0.2) is 30.0 Å². The van der Waals surface area contributed by atoms with Crippen molar-refractivity contribution in [2.75, 3.05) is 18.1 Å². The van der Waals surface area contributed by atoms with Gasteiger partial charge in [0.15, 0.2) is 0 Å². The van der Waals surface area contributed by atoms with Crippen LogP contribution in [0.15, 0.2) is 51.7 Å². The number of fused-ring (bicyclic) bond motifs is 3. The van der Waals surface area contributed by atoms with Gasteiger partial charge in [-0.2, -0.15) is 0 Å². The average molecular weight is 649 g/mol. The quantitative estimate of drug-likeness (QED) is 0.180. The van der Waals surface area contributed by atoms with E-state index in [9.17, 15) is 9.59 Å². The van der Waals surface area contributed by atoms with Crippen molar-refractivity contribution in [2.45, 2.75) is 65.7 Å². The third-order valence-corrected chi connectivity index (χ3v) is 8.41. The molecule has 1 aliphatic heterocycles. The molecule has 2 aromatic carbocycles. The van der Waals surface area contributed by atoms with E-state index < -0.39 is 12.2 Å². The van der Waals surface area contributed by atoms with Crippen LogP contribution in [0.4, 0.5) is 15.4 Å². The number of hydrogen-bond donors (Lipinski definition) is 0. The Kier molecular flexibility index (Phi) is 9.41. The molecule has 0 saturated heterocycles. The van der Waals surface area contributed by atoms with Crippen molar-refractivity contribution in [3.05, 3.63) is 73.5 Å². The van der Waals surface area contributed by atoms with Crippen molar-refractivity contribution < 1.29 is 19.1 Å². The number of aryl methyl sites for hydroxylation is 1. The molecule has 2 heterocycles. The third-order valence-electron chi connectivity index (χ3n) is 6.82. The van der Waals surface area contributed by atoms with Crippen LogP contribution in [0.2, 0.25) is 5.02 Å². The van der Waals surface area contributed by atoms with Crippen molar-refractivity contribution in [2.24, 2.45) is 0 Å². The lowest BCUT2D eigenvalue weighted by molar-refractivity contribution is 0.154. The largest absolute Gasteiger partial charge is 0.449 e. The molecule has 0 radical (unpaired) electrons. The van der Waals surface area contributed by atoms with Crippen LogP contribution >= 0.6 is 34.2 Å². The molecule has 0 saturated carbocycles. The van der Waals surface area contributed by atoms with Gasteiger partial charge in [0.1, 0.15) is 5.82 Å². The van der Waals surface area contributed by atoms with Gasteiger partial charge in [-0.15, -0.1) is 0 Å². The molecule has 6 nitrogen and oxygen atoms in total. The Morgan fingerprint density at radius 3 is 2.37 bits per heavy atom. The molecule has 0 spiro atoms. The maximum Gasteiger partial charge on any atom is 0.420 e. The zero-order chi connectivity index (χ0) is 27.4. The maximum atomic E-state index is 13.7. The number of rotatable bonds is 8. The number of carbonyl (C=O) groups is 2. The highest BCUT2D eigenvalue weighted by molar-refractivity contribution is 14.1. The van der Waals surface area contributed by atoms with Crippen molar-refractivity contribution >= 4 is 63.1 Å². The van der Waals surface area contributed by atoms with Gasteiger partial charge in [0.05, 0.1) is 18.7 Å². The van der Waals surface area contributed by atoms with Crippen molar-refractivity contribution in [3.63, 3.8) is 0 Å². The van der Waals surface area contributed by atoms with Gasteiger partial charge in [0.25, 0.3) is 0 Å². The molecular formula is C30H34ClIN2O4. The molecule has 0 N–H and O–H groups in total. The Balaban J connectivity index is 2.10. The Bertz CT molecular complexity index is 1380. The van der Waals surface area contributed by atoms with Gasteiger partial charge in [-0.3, -0.25) is 0 Å². The fraction of sp³-hybridized carbons (Fsp3) is 0.400. The zero-order valence-electron chi connectivity index (χ0n) is 22.4. The Morgan fingerprint density at radius 1 is 0.974 bits per heavy atom. The second-order valence-corrected chi connectivity index (χ2v) is 11.0. The number of aromatic nitrogens is 1. The van der Waals surface area contributed by atoms with Gasteiger partial charge in [-0.1, -0.05) is 67.6 Å². The number of hydrogen-bond acceptors (Lipinski definition) is 4. The summed E-state index contributed by atoms with van der Waals surface area (Å²) < 4.78 is 13.6. The van der Waals surface area contributed by atoms with Gasteiger partial charge in [0, 0.05) is 31.2 Å². The lowest BCUT2D eigenvalue weighted by Gasteiger charge is -2.35. The molecular weight excluding hydrogens is 615 g/mol. The van der Waals surface area contributed by atoms with Crippen LogP contribution in [0.5, 0.6) is 0 Å². The minimum Gasteiger partial charge on any atom is -0.449 e. The van der Waals surface area contributed by atoms with E-state index in [0.717, 1.165) is 57.0 Å². The van der Waals surface area contributed by atoms with Gasteiger partial charge in [-0.25, -0.2) is 19.1 Å². The highest BCUT2D eigenvalue weighted by atomic mass is 127. The topological polar surface area (TPSA) is 60.8 Å². The van der Waals surface area contributed by atoms with E-state index in [4.69, 9.17) is 21.1 Å². The van der Waals surface area contributed by atoms with E-state index in [0.29, 0.717) is 22.8 Å². The normalized spacial score (nSPS) is 15.1. The van der Waals surface area contributed by atoms with Crippen LogP contribution in [0.25, 0.3) is 10.9 Å². The molecule has 3 aromatic rings. The summed E-state index contributed by atoms with van der Waals surface area (Å²) in [6.45, 7) is 8.19. The summed E-state index contributed by atoms with van der Waals surface area (Å²) in [5.74, 6) is 0.212. The number of benzene rings is 2. The summed E-state index contributed by atoms with van der Waals surface area (Å²) in [5, 5.41) is 1.52. The fourth-order valence-corrected chi connectivity index (χ4v) is 6.56. The first-order valence-electron chi connectivity index (χ1n) is 13.3. The van der Waals surface area contributed by atoms with E-state index in [1.165, 1.54) is 4.57 Å². The van der Waals surface area contributed by atoms with E-state index in [2.05, 4.69) is 35.6 Å². The van der Waals surface area contributed by atoms with Gasteiger partial charge < -0.3 is 9.47 Å². The molecule has 38 heavy (non-hydrogen) atoms. The van der Waals surface area contributed by atoms with E-state index >= 15 is 0 Å².